The van der Waals surface area contributed by atoms with Crippen molar-refractivity contribution in [2.24, 2.45) is 0 Å². The summed E-state index contributed by atoms with van der Waals surface area (Å²) in [6, 6.07) is 8.43. The van der Waals surface area contributed by atoms with Crippen molar-refractivity contribution >= 4 is 22.5 Å². The number of hydrogen-bond donors (Lipinski definition) is 1. The molecule has 4 aromatic rings. The van der Waals surface area contributed by atoms with Crippen LogP contribution in [-0.2, 0) is 4.79 Å². The molecule has 1 saturated heterocycles. The Morgan fingerprint density at radius 1 is 1.23 bits per heavy atom. The maximum Gasteiger partial charge on any atom is 0.236 e. The lowest BCUT2D eigenvalue weighted by molar-refractivity contribution is -0.130. The number of benzene rings is 1. The molecule has 1 aliphatic rings. The van der Waals surface area contributed by atoms with Crippen LogP contribution < -0.4 is 0 Å². The van der Waals surface area contributed by atoms with Gasteiger partial charge in [0.25, 0.3) is 0 Å². The number of likely N-dealkylation sites (tertiary alicyclic amines) is 1. The number of fused-ring (bicyclic) bond motifs is 2. The van der Waals surface area contributed by atoms with Gasteiger partial charge in [-0.3, -0.25) is 9.69 Å². The van der Waals surface area contributed by atoms with Gasteiger partial charge in [-0.25, -0.2) is 13.9 Å². The zero-order chi connectivity index (χ0) is 24.9. The van der Waals surface area contributed by atoms with Gasteiger partial charge >= 0.3 is 0 Å². The number of nitrogens with zero attached hydrogens (tertiary/aromatic N) is 5. The maximum atomic E-state index is 15.2. The average molecular weight is 477 g/mol. The van der Waals surface area contributed by atoms with Crippen molar-refractivity contribution in [3.8, 4) is 11.4 Å². The number of aryl methyl sites for hydroxylation is 1. The standard InChI is InChI=1S/C27H33FN6O/c1-16(2)25-20-13-19(18-8-10-33(11-9-18)15-24(35)32(4)5)6-7-22(20)29-27(25)26-21(28)14-34-23(30-26)12-17(3)31-34/h6-7,12-14,16,18,29H,8-11,15H2,1-5H3. The second-order valence-corrected chi connectivity index (χ2v) is 10.2. The molecule has 0 aliphatic carbocycles. The Kier molecular flexibility index (Phi) is 6.09. The SMILES string of the molecule is Cc1cc2nc(-c3[nH]c4ccc(C5CCN(CC(=O)N(C)C)CC5)cc4c3C(C)C)c(F)cn2n1. The highest BCUT2D eigenvalue weighted by atomic mass is 19.1. The number of carbonyl (C=O) groups excluding carboxylic acids is 1. The molecule has 1 amide bonds. The zero-order valence-corrected chi connectivity index (χ0v) is 21.1. The van der Waals surface area contributed by atoms with Crippen LogP contribution in [0.3, 0.4) is 0 Å². The Morgan fingerprint density at radius 3 is 2.66 bits per heavy atom. The van der Waals surface area contributed by atoms with Gasteiger partial charge in [0.1, 0.15) is 5.69 Å². The fourth-order valence-corrected chi connectivity index (χ4v) is 5.22. The molecule has 1 aromatic carbocycles. The molecule has 3 aromatic heterocycles. The number of nitrogens with one attached hydrogen (secondary N) is 1. The molecule has 1 fully saturated rings. The number of piperidine rings is 1. The maximum absolute atomic E-state index is 15.2. The first-order valence-electron chi connectivity index (χ1n) is 12.3. The van der Waals surface area contributed by atoms with Crippen LogP contribution in [0.2, 0.25) is 0 Å². The van der Waals surface area contributed by atoms with Gasteiger partial charge in [0.2, 0.25) is 5.91 Å². The molecule has 4 heterocycles. The Labute approximate surface area is 204 Å². The minimum absolute atomic E-state index is 0.149. The molecule has 0 saturated carbocycles. The van der Waals surface area contributed by atoms with Gasteiger partial charge in [-0.2, -0.15) is 5.10 Å². The lowest BCUT2D eigenvalue weighted by Crippen LogP contribution is -2.40. The second kappa shape index (κ2) is 9.07. The van der Waals surface area contributed by atoms with E-state index < -0.39 is 5.82 Å². The molecule has 0 unspecified atom stereocenters. The molecular formula is C27H33FN6O. The fourth-order valence-electron chi connectivity index (χ4n) is 5.22. The van der Waals surface area contributed by atoms with Crippen LogP contribution in [0, 0.1) is 12.7 Å². The monoisotopic (exact) mass is 476 g/mol. The summed E-state index contributed by atoms with van der Waals surface area (Å²) < 4.78 is 16.6. The van der Waals surface area contributed by atoms with Gasteiger partial charge in [-0.1, -0.05) is 19.9 Å². The van der Waals surface area contributed by atoms with Crippen molar-refractivity contribution in [2.45, 2.75) is 45.4 Å². The number of halogens is 1. The number of hydrogen-bond acceptors (Lipinski definition) is 4. The highest BCUT2D eigenvalue weighted by Gasteiger charge is 2.25. The van der Waals surface area contributed by atoms with Crippen LogP contribution >= 0.6 is 0 Å². The summed E-state index contributed by atoms with van der Waals surface area (Å²) in [5.74, 6) is 0.395. The van der Waals surface area contributed by atoms with Crippen LogP contribution in [-0.4, -0.2) is 69.0 Å². The number of H-pyrrole nitrogens is 1. The molecule has 0 bridgehead atoms. The van der Waals surface area contributed by atoms with Gasteiger partial charge in [-0.05, 0) is 68.0 Å². The second-order valence-electron chi connectivity index (χ2n) is 10.2. The number of amides is 1. The average Bonchev–Trinajstić information content (AvgIpc) is 3.37. The molecule has 1 N–H and O–H groups in total. The predicted molar refractivity (Wildman–Crippen MR) is 136 cm³/mol. The van der Waals surface area contributed by atoms with Crippen LogP contribution in [0.25, 0.3) is 27.9 Å². The van der Waals surface area contributed by atoms with E-state index in [2.05, 4.69) is 52.0 Å². The fraction of sp³-hybridized carbons (Fsp3) is 0.444. The van der Waals surface area contributed by atoms with Gasteiger partial charge in [-0.15, -0.1) is 0 Å². The summed E-state index contributed by atoms with van der Waals surface area (Å²) in [6.45, 7) is 8.46. The van der Waals surface area contributed by atoms with Crippen molar-refractivity contribution in [3.05, 3.63) is 53.1 Å². The molecule has 5 rings (SSSR count). The van der Waals surface area contributed by atoms with Crippen molar-refractivity contribution in [3.63, 3.8) is 0 Å². The van der Waals surface area contributed by atoms with E-state index in [4.69, 9.17) is 0 Å². The van der Waals surface area contributed by atoms with E-state index in [1.54, 1.807) is 19.0 Å². The van der Waals surface area contributed by atoms with Gasteiger partial charge in [0.05, 0.1) is 24.1 Å². The first kappa shape index (κ1) is 23.5. The Morgan fingerprint density at radius 2 is 1.97 bits per heavy atom. The number of carbonyl (C=O) groups is 1. The molecule has 7 nitrogen and oxygen atoms in total. The van der Waals surface area contributed by atoms with Crippen LogP contribution in [0.5, 0.6) is 0 Å². The summed E-state index contributed by atoms with van der Waals surface area (Å²) in [6.07, 6.45) is 3.45. The van der Waals surface area contributed by atoms with Crippen molar-refractivity contribution in [2.75, 3.05) is 33.7 Å². The number of rotatable bonds is 5. The van der Waals surface area contributed by atoms with E-state index in [1.165, 1.54) is 16.3 Å². The largest absolute Gasteiger partial charge is 0.353 e. The molecule has 1 aliphatic heterocycles. The third kappa shape index (κ3) is 4.43. The Bertz CT molecular complexity index is 1390. The van der Waals surface area contributed by atoms with Crippen LogP contribution in [0.15, 0.2) is 30.5 Å². The summed E-state index contributed by atoms with van der Waals surface area (Å²) in [4.78, 5) is 24.0. The third-order valence-corrected chi connectivity index (χ3v) is 7.12. The quantitative estimate of drug-likeness (QED) is 0.453. The predicted octanol–water partition coefficient (Wildman–Crippen LogP) is 4.72. The zero-order valence-electron chi connectivity index (χ0n) is 21.1. The minimum Gasteiger partial charge on any atom is -0.353 e. The topological polar surface area (TPSA) is 69.5 Å². The normalized spacial score (nSPS) is 15.5. The molecule has 0 spiro atoms. The van der Waals surface area contributed by atoms with Crippen LogP contribution in [0.1, 0.15) is 55.3 Å². The molecule has 184 valence electrons. The van der Waals surface area contributed by atoms with Gasteiger partial charge < -0.3 is 9.88 Å². The van der Waals surface area contributed by atoms with E-state index in [0.717, 1.165) is 53.8 Å². The number of likely N-dealkylation sites (N-methyl/N-ethyl adjacent to an activating group) is 1. The van der Waals surface area contributed by atoms with Crippen molar-refractivity contribution in [1.82, 2.24) is 29.4 Å². The lowest BCUT2D eigenvalue weighted by atomic mass is 9.87. The molecule has 0 atom stereocenters. The molecular weight excluding hydrogens is 443 g/mol. The molecule has 0 radical (unpaired) electrons. The van der Waals surface area contributed by atoms with E-state index in [1.807, 2.05) is 13.0 Å². The number of aromatic nitrogens is 4. The first-order valence-corrected chi connectivity index (χ1v) is 12.3. The third-order valence-electron chi connectivity index (χ3n) is 7.12. The van der Waals surface area contributed by atoms with Crippen LogP contribution in [0.4, 0.5) is 4.39 Å². The molecule has 35 heavy (non-hydrogen) atoms. The first-order chi connectivity index (χ1) is 16.7. The van der Waals surface area contributed by atoms with E-state index in [-0.39, 0.29) is 11.8 Å². The van der Waals surface area contributed by atoms with Crippen molar-refractivity contribution in [1.29, 1.82) is 0 Å². The summed E-state index contributed by atoms with van der Waals surface area (Å²) in [5, 5.41) is 5.41. The van der Waals surface area contributed by atoms with Crippen molar-refractivity contribution < 1.29 is 9.18 Å². The Balaban J connectivity index is 1.47. The van der Waals surface area contributed by atoms with E-state index in [0.29, 0.717) is 23.8 Å². The Hall–Kier alpha value is -3.26. The van der Waals surface area contributed by atoms with Gasteiger partial charge in [0.15, 0.2) is 11.5 Å². The minimum atomic E-state index is -0.395. The smallest absolute Gasteiger partial charge is 0.236 e. The molecule has 8 heteroatoms. The van der Waals surface area contributed by atoms with Gasteiger partial charge in [0, 0.05) is 31.1 Å². The van der Waals surface area contributed by atoms with E-state index in [9.17, 15) is 4.79 Å². The summed E-state index contributed by atoms with van der Waals surface area (Å²) in [5.41, 5.74) is 5.89. The summed E-state index contributed by atoms with van der Waals surface area (Å²) >= 11 is 0. The lowest BCUT2D eigenvalue weighted by Gasteiger charge is -2.32. The highest BCUT2D eigenvalue weighted by Crippen LogP contribution is 2.38. The highest BCUT2D eigenvalue weighted by molar-refractivity contribution is 5.91. The number of aromatic amines is 1. The van der Waals surface area contributed by atoms with E-state index >= 15 is 4.39 Å². The summed E-state index contributed by atoms with van der Waals surface area (Å²) in [7, 11) is 3.61.